The van der Waals surface area contributed by atoms with Crippen LogP contribution in [0.3, 0.4) is 0 Å². The summed E-state index contributed by atoms with van der Waals surface area (Å²) >= 11 is 0. The Hall–Kier alpha value is -1.91. The van der Waals surface area contributed by atoms with Crippen molar-refractivity contribution in [3.63, 3.8) is 0 Å². The number of carbonyl (C=O) groups is 1. The number of urea groups is 1. The van der Waals surface area contributed by atoms with Gasteiger partial charge in [0.1, 0.15) is 5.75 Å². The molecular weight excluding hydrogens is 230 g/mol. The molecule has 1 saturated heterocycles. The molecule has 2 amide bonds. The van der Waals surface area contributed by atoms with Crippen LogP contribution < -0.4 is 15.0 Å². The fourth-order valence-electron chi connectivity index (χ4n) is 2.11. The molecule has 1 aromatic rings. The van der Waals surface area contributed by atoms with Gasteiger partial charge in [0.2, 0.25) is 0 Å². The molecule has 0 bridgehead atoms. The van der Waals surface area contributed by atoms with Crippen molar-refractivity contribution in [2.24, 2.45) is 0 Å². The number of anilines is 1. The molecular formula is C13H19N3O2. The highest BCUT2D eigenvalue weighted by atomic mass is 16.5. The highest BCUT2D eigenvalue weighted by Gasteiger charge is 2.21. The van der Waals surface area contributed by atoms with Gasteiger partial charge in [-0.3, -0.25) is 0 Å². The quantitative estimate of drug-likeness (QED) is 0.859. The van der Waals surface area contributed by atoms with Gasteiger partial charge in [-0.25, -0.2) is 4.79 Å². The minimum atomic E-state index is -2.47. The van der Waals surface area contributed by atoms with Gasteiger partial charge in [0.25, 0.3) is 0 Å². The lowest BCUT2D eigenvalue weighted by atomic mass is 10.2. The second kappa shape index (κ2) is 5.62. The van der Waals surface area contributed by atoms with Crippen LogP contribution in [-0.2, 0) is 0 Å². The topological polar surface area (TPSA) is 44.8 Å². The molecule has 1 N–H and O–H groups in total. The normalized spacial score (nSPS) is 18.6. The lowest BCUT2D eigenvalue weighted by Gasteiger charge is -2.36. The molecule has 0 unspecified atom stereocenters. The number of amides is 2. The van der Waals surface area contributed by atoms with Crippen LogP contribution in [0.4, 0.5) is 10.5 Å². The monoisotopic (exact) mass is 252 g/mol. The van der Waals surface area contributed by atoms with Crippen LogP contribution in [0.15, 0.2) is 24.3 Å². The molecule has 1 heterocycles. The van der Waals surface area contributed by atoms with Crippen molar-refractivity contribution in [2.45, 2.75) is 0 Å². The number of nitrogens with one attached hydrogen (secondary N) is 1. The number of para-hydroxylation sites is 2. The van der Waals surface area contributed by atoms with Gasteiger partial charge in [-0.1, -0.05) is 12.1 Å². The molecule has 0 atom stereocenters. The van der Waals surface area contributed by atoms with E-state index in [0.29, 0.717) is 31.9 Å². The molecule has 98 valence electrons. The van der Waals surface area contributed by atoms with Crippen LogP contribution >= 0.6 is 0 Å². The van der Waals surface area contributed by atoms with E-state index in [9.17, 15) is 4.79 Å². The molecule has 1 fully saturated rings. The average molecular weight is 252 g/mol. The van der Waals surface area contributed by atoms with Crippen LogP contribution in [0.1, 0.15) is 4.11 Å². The number of methoxy groups -OCH3 is 1. The number of ether oxygens (including phenoxy) is 1. The third kappa shape index (κ3) is 2.50. The maximum absolute atomic E-state index is 11.6. The maximum atomic E-state index is 11.6. The fraction of sp³-hybridized carbons (Fsp3) is 0.462. The molecule has 0 saturated carbocycles. The van der Waals surface area contributed by atoms with Gasteiger partial charge in [0.05, 0.1) is 16.8 Å². The first kappa shape index (κ1) is 9.08. The lowest BCUT2D eigenvalue weighted by molar-refractivity contribution is 0.196. The second-order valence-electron chi connectivity index (χ2n) is 4.10. The second-order valence-corrected chi connectivity index (χ2v) is 4.10. The summed E-state index contributed by atoms with van der Waals surface area (Å²) in [6.45, 7) is 2.44. The number of carbonyl (C=O) groups excluding carboxylic acids is 1. The SMILES string of the molecule is [2H]C([2H])([2H])Oc1ccccc1N1CCN(C(=O)NC)CC1. The van der Waals surface area contributed by atoms with E-state index in [1.807, 2.05) is 17.0 Å². The Morgan fingerprint density at radius 2 is 2.06 bits per heavy atom. The van der Waals surface area contributed by atoms with Crippen LogP contribution in [0, 0.1) is 0 Å². The maximum Gasteiger partial charge on any atom is 0.317 e. The van der Waals surface area contributed by atoms with Crippen molar-refractivity contribution in [2.75, 3.05) is 45.2 Å². The van der Waals surface area contributed by atoms with Gasteiger partial charge in [0, 0.05) is 33.2 Å². The van der Waals surface area contributed by atoms with Crippen molar-refractivity contribution in [3.05, 3.63) is 24.3 Å². The summed E-state index contributed by atoms with van der Waals surface area (Å²) in [5.41, 5.74) is 0.741. The first-order valence-electron chi connectivity index (χ1n) is 7.40. The van der Waals surface area contributed by atoms with Crippen LogP contribution in [-0.4, -0.2) is 51.2 Å². The highest BCUT2D eigenvalue weighted by molar-refractivity contribution is 5.74. The number of nitrogens with zero attached hydrogens (tertiary/aromatic N) is 2. The van der Waals surface area contributed by atoms with E-state index in [1.165, 1.54) is 0 Å². The Kier molecular flexibility index (Phi) is 2.83. The fourth-order valence-corrected chi connectivity index (χ4v) is 2.11. The van der Waals surface area contributed by atoms with E-state index >= 15 is 0 Å². The predicted molar refractivity (Wildman–Crippen MR) is 71.2 cm³/mol. The number of rotatable bonds is 2. The van der Waals surface area contributed by atoms with Gasteiger partial charge in [-0.15, -0.1) is 0 Å². The number of piperazine rings is 1. The summed E-state index contributed by atoms with van der Waals surface area (Å²) in [4.78, 5) is 15.3. The van der Waals surface area contributed by atoms with Crippen molar-refractivity contribution in [3.8, 4) is 5.75 Å². The molecule has 1 aliphatic rings. The van der Waals surface area contributed by atoms with Gasteiger partial charge >= 0.3 is 6.03 Å². The zero-order valence-electron chi connectivity index (χ0n) is 13.3. The van der Waals surface area contributed by atoms with Crippen LogP contribution in [0.5, 0.6) is 5.75 Å². The summed E-state index contributed by atoms with van der Waals surface area (Å²) in [6.07, 6.45) is 0. The molecule has 5 nitrogen and oxygen atoms in total. The van der Waals surface area contributed by atoms with Crippen LogP contribution in [0.25, 0.3) is 0 Å². The summed E-state index contributed by atoms with van der Waals surface area (Å²) in [5.74, 6) is 0.339. The molecule has 1 aromatic carbocycles. The summed E-state index contributed by atoms with van der Waals surface area (Å²) < 4.78 is 26.7. The summed E-state index contributed by atoms with van der Waals surface area (Å²) in [6, 6.07) is 6.96. The van der Waals surface area contributed by atoms with E-state index in [2.05, 4.69) is 5.32 Å². The number of benzene rings is 1. The molecule has 0 spiro atoms. The molecule has 0 aliphatic carbocycles. The van der Waals surface area contributed by atoms with Gasteiger partial charge in [-0.2, -0.15) is 0 Å². The zero-order chi connectivity index (χ0) is 15.5. The van der Waals surface area contributed by atoms with Crippen LogP contribution in [0.2, 0.25) is 0 Å². The van der Waals surface area contributed by atoms with Crippen molar-refractivity contribution in [1.29, 1.82) is 0 Å². The Morgan fingerprint density at radius 1 is 1.33 bits per heavy atom. The van der Waals surface area contributed by atoms with E-state index in [-0.39, 0.29) is 6.03 Å². The molecule has 1 aliphatic heterocycles. The molecule has 5 heteroatoms. The Labute approximate surface area is 112 Å². The standard InChI is InChI=1S/C13H19N3O2/c1-14-13(17)16-9-7-15(8-10-16)11-5-3-4-6-12(11)18-2/h3-6H,7-10H2,1-2H3,(H,14,17)/i2D3. The number of hydrogen-bond acceptors (Lipinski definition) is 3. The van der Waals surface area contributed by atoms with Crippen molar-refractivity contribution < 1.29 is 13.6 Å². The summed E-state index contributed by atoms with van der Waals surface area (Å²) in [5, 5.41) is 2.60. The molecule has 2 rings (SSSR count). The smallest absolute Gasteiger partial charge is 0.317 e. The molecule has 18 heavy (non-hydrogen) atoms. The number of hydrogen-bond donors (Lipinski definition) is 1. The van der Waals surface area contributed by atoms with E-state index in [0.717, 1.165) is 5.69 Å². The molecule has 0 aromatic heterocycles. The average Bonchev–Trinajstić information content (AvgIpc) is 2.45. The van der Waals surface area contributed by atoms with Gasteiger partial charge in [-0.05, 0) is 12.1 Å². The lowest BCUT2D eigenvalue weighted by Crippen LogP contribution is -2.51. The van der Waals surface area contributed by atoms with E-state index in [1.54, 1.807) is 24.1 Å². The predicted octanol–water partition coefficient (Wildman–Crippen LogP) is 1.16. The Morgan fingerprint density at radius 3 is 2.72 bits per heavy atom. The first-order valence-corrected chi connectivity index (χ1v) is 5.90. The van der Waals surface area contributed by atoms with Crippen molar-refractivity contribution >= 4 is 11.7 Å². The van der Waals surface area contributed by atoms with E-state index < -0.39 is 7.04 Å². The van der Waals surface area contributed by atoms with E-state index in [4.69, 9.17) is 8.85 Å². The van der Waals surface area contributed by atoms with Gasteiger partial charge < -0.3 is 19.9 Å². The van der Waals surface area contributed by atoms with Crippen molar-refractivity contribution in [1.82, 2.24) is 10.2 Å². The minimum Gasteiger partial charge on any atom is -0.495 e. The third-order valence-corrected chi connectivity index (χ3v) is 3.10. The summed E-state index contributed by atoms with van der Waals surface area (Å²) in [7, 11) is -0.867. The largest absolute Gasteiger partial charge is 0.495 e. The highest BCUT2D eigenvalue weighted by Crippen LogP contribution is 2.28. The first-order chi connectivity index (χ1) is 9.90. The zero-order valence-corrected chi connectivity index (χ0v) is 10.3. The Balaban J connectivity index is 2.08. The van der Waals surface area contributed by atoms with Gasteiger partial charge in [0.15, 0.2) is 0 Å². The third-order valence-electron chi connectivity index (χ3n) is 3.10. The minimum absolute atomic E-state index is 0.0957. The Bertz CT molecular complexity index is 500. The molecule has 0 radical (unpaired) electrons.